The van der Waals surface area contributed by atoms with Crippen LogP contribution in [0.5, 0.6) is 0 Å². The van der Waals surface area contributed by atoms with Gasteiger partial charge in [0.25, 0.3) is 5.91 Å². The third-order valence-electron chi connectivity index (χ3n) is 2.83. The second kappa shape index (κ2) is 8.81. The Balaban J connectivity index is 2.82. The van der Waals surface area contributed by atoms with Gasteiger partial charge in [-0.05, 0) is 24.6 Å². The highest BCUT2D eigenvalue weighted by molar-refractivity contribution is 7.89. The number of benzene rings is 1. The quantitative estimate of drug-likeness (QED) is 0.582. The molecule has 132 valence electrons. The van der Waals surface area contributed by atoms with E-state index in [9.17, 15) is 18.0 Å². The van der Waals surface area contributed by atoms with Crippen molar-refractivity contribution in [2.24, 2.45) is 0 Å². The van der Waals surface area contributed by atoms with Gasteiger partial charge in [0.2, 0.25) is 10.0 Å². The molecule has 0 saturated carbocycles. The van der Waals surface area contributed by atoms with E-state index in [2.05, 4.69) is 5.32 Å². The second-order valence-electron chi connectivity index (χ2n) is 4.90. The Hall–Kier alpha value is -1.90. The predicted molar refractivity (Wildman–Crippen MR) is 91.3 cm³/mol. The van der Waals surface area contributed by atoms with Gasteiger partial charge in [-0.25, -0.2) is 17.5 Å². The summed E-state index contributed by atoms with van der Waals surface area (Å²) in [4.78, 5) is 23.1. The van der Waals surface area contributed by atoms with Gasteiger partial charge in [-0.1, -0.05) is 24.6 Å². The van der Waals surface area contributed by atoms with Crippen molar-refractivity contribution >= 4 is 39.2 Å². The number of halogens is 1. The van der Waals surface area contributed by atoms with Crippen LogP contribution in [0.15, 0.2) is 35.2 Å². The van der Waals surface area contributed by atoms with E-state index in [4.69, 9.17) is 16.3 Å². The summed E-state index contributed by atoms with van der Waals surface area (Å²) in [7, 11) is -0.870. The van der Waals surface area contributed by atoms with Crippen LogP contribution in [0.25, 0.3) is 0 Å². The van der Waals surface area contributed by atoms with Crippen molar-refractivity contribution in [1.82, 2.24) is 4.31 Å². The molecule has 0 saturated heterocycles. The maximum absolute atomic E-state index is 12.1. The zero-order valence-electron chi connectivity index (χ0n) is 13.6. The lowest BCUT2D eigenvalue weighted by Gasteiger charge is -2.13. The van der Waals surface area contributed by atoms with Crippen LogP contribution in [0, 0.1) is 0 Å². The Labute approximate surface area is 146 Å². The largest absolute Gasteiger partial charge is 0.452 e. The number of esters is 1. The van der Waals surface area contributed by atoms with Crippen molar-refractivity contribution in [2.45, 2.75) is 18.2 Å². The molecule has 1 rings (SSSR count). The van der Waals surface area contributed by atoms with Gasteiger partial charge in [-0.3, -0.25) is 4.79 Å². The molecule has 0 aromatic heterocycles. The molecule has 24 heavy (non-hydrogen) atoms. The molecule has 0 spiro atoms. The van der Waals surface area contributed by atoms with Gasteiger partial charge in [0, 0.05) is 20.2 Å². The van der Waals surface area contributed by atoms with E-state index in [0.29, 0.717) is 6.42 Å². The molecule has 0 fully saturated rings. The van der Waals surface area contributed by atoms with Gasteiger partial charge in [-0.15, -0.1) is 0 Å². The average molecular weight is 375 g/mol. The molecule has 1 N–H and O–H groups in total. The fraction of sp³-hybridized carbons (Fsp3) is 0.333. The van der Waals surface area contributed by atoms with Gasteiger partial charge in [0.15, 0.2) is 6.61 Å². The van der Waals surface area contributed by atoms with Crippen LogP contribution in [0.4, 0.5) is 5.69 Å². The number of hydrogen-bond acceptors (Lipinski definition) is 5. The lowest BCUT2D eigenvalue weighted by molar-refractivity contribution is -0.142. The third-order valence-corrected chi connectivity index (χ3v) is 4.97. The Kier molecular flexibility index (Phi) is 7.40. The first kappa shape index (κ1) is 20.1. The smallest absolute Gasteiger partial charge is 0.330 e. The molecule has 1 aromatic carbocycles. The minimum absolute atomic E-state index is 0.0185. The first-order valence-electron chi connectivity index (χ1n) is 7.03. The summed E-state index contributed by atoms with van der Waals surface area (Å²) < 4.78 is 30.0. The Bertz CT molecular complexity index is 744. The van der Waals surface area contributed by atoms with Gasteiger partial charge in [-0.2, -0.15) is 0 Å². The summed E-state index contributed by atoms with van der Waals surface area (Å²) >= 11 is 5.96. The molecule has 0 radical (unpaired) electrons. The highest BCUT2D eigenvalue weighted by Crippen LogP contribution is 2.26. The molecule has 0 unspecified atom stereocenters. The highest BCUT2D eigenvalue weighted by atomic mass is 35.5. The minimum atomic E-state index is -3.66. The first-order chi connectivity index (χ1) is 11.2. The van der Waals surface area contributed by atoms with Crippen LogP contribution in [0.2, 0.25) is 5.02 Å². The number of allylic oxidation sites excluding steroid dienone is 1. The fourth-order valence-electron chi connectivity index (χ4n) is 1.56. The van der Waals surface area contributed by atoms with Gasteiger partial charge in [0.1, 0.15) is 0 Å². The number of hydrogen-bond donors (Lipinski definition) is 1. The Morgan fingerprint density at radius 1 is 1.33 bits per heavy atom. The summed E-state index contributed by atoms with van der Waals surface area (Å²) in [6, 6.07) is 3.95. The molecule has 0 aliphatic carbocycles. The van der Waals surface area contributed by atoms with E-state index < -0.39 is 28.5 Å². The molecule has 7 nitrogen and oxygen atoms in total. The maximum atomic E-state index is 12.1. The van der Waals surface area contributed by atoms with Crippen molar-refractivity contribution in [3.63, 3.8) is 0 Å². The zero-order chi connectivity index (χ0) is 18.3. The fourth-order valence-corrected chi connectivity index (χ4v) is 2.65. The lowest BCUT2D eigenvalue weighted by Crippen LogP contribution is -2.23. The third kappa shape index (κ3) is 5.63. The second-order valence-corrected chi connectivity index (χ2v) is 7.45. The van der Waals surface area contributed by atoms with Crippen LogP contribution in [-0.2, 0) is 24.3 Å². The zero-order valence-corrected chi connectivity index (χ0v) is 15.1. The van der Waals surface area contributed by atoms with E-state index in [-0.39, 0.29) is 15.6 Å². The topological polar surface area (TPSA) is 92.8 Å². The summed E-state index contributed by atoms with van der Waals surface area (Å²) in [6.45, 7) is 1.35. The Morgan fingerprint density at radius 3 is 2.58 bits per heavy atom. The summed E-state index contributed by atoms with van der Waals surface area (Å²) in [5.74, 6) is -1.27. The van der Waals surface area contributed by atoms with Crippen molar-refractivity contribution < 1.29 is 22.7 Å². The van der Waals surface area contributed by atoms with E-state index in [1.165, 1.54) is 38.4 Å². The molecule has 0 aliphatic rings. The number of sulfonamides is 1. The van der Waals surface area contributed by atoms with Gasteiger partial charge >= 0.3 is 5.97 Å². The summed E-state index contributed by atoms with van der Waals surface area (Å²) in [5, 5.41) is 2.58. The summed E-state index contributed by atoms with van der Waals surface area (Å²) in [6.07, 6.45) is 3.50. The number of ether oxygens (including phenoxy) is 1. The van der Waals surface area contributed by atoms with Gasteiger partial charge < -0.3 is 10.1 Å². The number of nitrogens with one attached hydrogen (secondary N) is 1. The molecule has 0 heterocycles. The number of carbonyl (C=O) groups is 2. The molecule has 9 heteroatoms. The van der Waals surface area contributed by atoms with Crippen molar-refractivity contribution in [2.75, 3.05) is 26.0 Å². The molecule has 0 bridgehead atoms. The monoisotopic (exact) mass is 374 g/mol. The number of anilines is 1. The molecular weight excluding hydrogens is 356 g/mol. The molecular formula is C15H19ClN2O5S. The van der Waals surface area contributed by atoms with E-state index in [0.717, 1.165) is 4.31 Å². The SMILES string of the molecule is CC/C=C/C(=O)OCC(=O)Nc1cc(S(=O)(=O)N(C)C)ccc1Cl. The van der Waals surface area contributed by atoms with Crippen molar-refractivity contribution in [3.05, 3.63) is 35.4 Å². The lowest BCUT2D eigenvalue weighted by atomic mass is 10.3. The number of amides is 1. The number of rotatable bonds is 7. The van der Waals surface area contributed by atoms with Crippen LogP contribution in [0.1, 0.15) is 13.3 Å². The average Bonchev–Trinajstić information content (AvgIpc) is 2.52. The number of carbonyl (C=O) groups excluding carboxylic acids is 2. The molecule has 1 amide bonds. The van der Waals surface area contributed by atoms with E-state index in [1.807, 2.05) is 6.92 Å². The van der Waals surface area contributed by atoms with Crippen molar-refractivity contribution in [3.8, 4) is 0 Å². The van der Waals surface area contributed by atoms with Crippen LogP contribution >= 0.6 is 11.6 Å². The first-order valence-corrected chi connectivity index (χ1v) is 8.85. The van der Waals surface area contributed by atoms with Crippen LogP contribution in [0.3, 0.4) is 0 Å². The van der Waals surface area contributed by atoms with E-state index in [1.54, 1.807) is 6.08 Å². The van der Waals surface area contributed by atoms with Crippen molar-refractivity contribution in [1.29, 1.82) is 0 Å². The van der Waals surface area contributed by atoms with E-state index >= 15 is 0 Å². The highest BCUT2D eigenvalue weighted by Gasteiger charge is 2.19. The maximum Gasteiger partial charge on any atom is 0.330 e. The number of nitrogens with zero attached hydrogens (tertiary/aromatic N) is 1. The standard InChI is InChI=1S/C15H19ClN2O5S/c1-4-5-6-15(20)23-10-14(19)17-13-9-11(7-8-12(13)16)24(21,22)18(2)3/h5-9H,4,10H2,1-3H3,(H,17,19)/b6-5+. The normalized spacial score (nSPS) is 11.7. The predicted octanol–water partition coefficient (Wildman–Crippen LogP) is 2.04. The molecule has 0 atom stereocenters. The van der Waals surface area contributed by atoms with Crippen LogP contribution < -0.4 is 5.32 Å². The Morgan fingerprint density at radius 2 is 2.00 bits per heavy atom. The summed E-state index contributed by atoms with van der Waals surface area (Å²) in [5.41, 5.74) is 0.116. The molecule has 1 aromatic rings. The molecule has 0 aliphatic heterocycles. The van der Waals surface area contributed by atoms with Gasteiger partial charge in [0.05, 0.1) is 15.6 Å². The minimum Gasteiger partial charge on any atom is -0.452 e. The van der Waals surface area contributed by atoms with Crippen LogP contribution in [-0.4, -0.2) is 45.3 Å².